The van der Waals surface area contributed by atoms with Crippen molar-refractivity contribution in [3.8, 4) is 5.75 Å². The highest BCUT2D eigenvalue weighted by atomic mass is 16.5. The van der Waals surface area contributed by atoms with Crippen LogP contribution in [-0.4, -0.2) is 20.2 Å². The van der Waals surface area contributed by atoms with Gasteiger partial charge in [0.25, 0.3) is 0 Å². The predicted molar refractivity (Wildman–Crippen MR) is 76.4 cm³/mol. The Hall–Kier alpha value is -1.02. The SMILES string of the molecule is CCc1ccc(OC)c(C2(CC)CCNCC2)c1. The number of nitrogens with one attached hydrogen (secondary N) is 1. The first kappa shape index (κ1) is 13.4. The second-order valence-corrected chi connectivity index (χ2v) is 5.27. The third kappa shape index (κ3) is 2.39. The van der Waals surface area contributed by atoms with E-state index in [4.69, 9.17) is 4.74 Å². The molecular formula is C16H25NO. The normalized spacial score (nSPS) is 18.6. The Labute approximate surface area is 111 Å². The van der Waals surface area contributed by atoms with Crippen LogP contribution in [-0.2, 0) is 11.8 Å². The summed E-state index contributed by atoms with van der Waals surface area (Å²) in [6.45, 7) is 6.76. The van der Waals surface area contributed by atoms with Crippen molar-refractivity contribution in [3.05, 3.63) is 29.3 Å². The zero-order valence-electron chi connectivity index (χ0n) is 11.9. The molecule has 1 heterocycles. The molecule has 2 nitrogen and oxygen atoms in total. The number of piperidine rings is 1. The van der Waals surface area contributed by atoms with Gasteiger partial charge in [0.05, 0.1) is 7.11 Å². The zero-order valence-corrected chi connectivity index (χ0v) is 11.9. The maximum absolute atomic E-state index is 5.60. The Morgan fingerprint density at radius 2 is 1.94 bits per heavy atom. The molecule has 1 aliphatic rings. The maximum Gasteiger partial charge on any atom is 0.122 e. The van der Waals surface area contributed by atoms with Crippen LogP contribution >= 0.6 is 0 Å². The first-order valence-electron chi connectivity index (χ1n) is 7.14. The Balaban J connectivity index is 2.44. The number of rotatable bonds is 4. The Bertz CT molecular complexity index is 394. The minimum Gasteiger partial charge on any atom is -0.496 e. The van der Waals surface area contributed by atoms with Crippen molar-refractivity contribution >= 4 is 0 Å². The number of benzene rings is 1. The van der Waals surface area contributed by atoms with Gasteiger partial charge in [-0.25, -0.2) is 0 Å². The molecule has 1 aromatic carbocycles. The van der Waals surface area contributed by atoms with Gasteiger partial charge in [-0.2, -0.15) is 0 Å². The van der Waals surface area contributed by atoms with Crippen LogP contribution in [0.15, 0.2) is 18.2 Å². The van der Waals surface area contributed by atoms with Gasteiger partial charge in [-0.1, -0.05) is 26.0 Å². The maximum atomic E-state index is 5.60. The Morgan fingerprint density at radius 1 is 1.22 bits per heavy atom. The Kier molecular flexibility index (Phi) is 4.28. The molecule has 2 heteroatoms. The molecule has 0 radical (unpaired) electrons. The quantitative estimate of drug-likeness (QED) is 0.881. The van der Waals surface area contributed by atoms with E-state index in [9.17, 15) is 0 Å². The number of methoxy groups -OCH3 is 1. The minimum absolute atomic E-state index is 0.307. The van der Waals surface area contributed by atoms with Gasteiger partial charge < -0.3 is 10.1 Å². The number of ether oxygens (including phenoxy) is 1. The number of hydrogen-bond acceptors (Lipinski definition) is 2. The van der Waals surface area contributed by atoms with Crippen LogP contribution in [0.2, 0.25) is 0 Å². The van der Waals surface area contributed by atoms with Gasteiger partial charge in [0.2, 0.25) is 0 Å². The van der Waals surface area contributed by atoms with E-state index < -0.39 is 0 Å². The third-order valence-corrected chi connectivity index (χ3v) is 4.48. The average Bonchev–Trinajstić information content (AvgIpc) is 2.47. The molecule has 0 aliphatic carbocycles. The fraction of sp³-hybridized carbons (Fsp3) is 0.625. The summed E-state index contributed by atoms with van der Waals surface area (Å²) < 4.78 is 5.60. The molecule has 0 atom stereocenters. The topological polar surface area (TPSA) is 21.3 Å². The van der Waals surface area contributed by atoms with Gasteiger partial charge in [0.1, 0.15) is 5.75 Å². The predicted octanol–water partition coefficient (Wildman–Crippen LogP) is 3.29. The van der Waals surface area contributed by atoms with Gasteiger partial charge in [-0.15, -0.1) is 0 Å². The summed E-state index contributed by atoms with van der Waals surface area (Å²) in [5.41, 5.74) is 3.15. The van der Waals surface area contributed by atoms with Crippen LogP contribution in [0.4, 0.5) is 0 Å². The van der Waals surface area contributed by atoms with Gasteiger partial charge in [0, 0.05) is 11.0 Å². The minimum atomic E-state index is 0.307. The molecule has 0 aromatic heterocycles. The molecule has 2 rings (SSSR count). The van der Waals surface area contributed by atoms with Crippen LogP contribution in [0.1, 0.15) is 44.2 Å². The third-order valence-electron chi connectivity index (χ3n) is 4.48. The summed E-state index contributed by atoms with van der Waals surface area (Å²) in [6, 6.07) is 6.70. The van der Waals surface area contributed by atoms with E-state index >= 15 is 0 Å². The van der Waals surface area contributed by atoms with E-state index in [-0.39, 0.29) is 0 Å². The molecule has 100 valence electrons. The summed E-state index contributed by atoms with van der Waals surface area (Å²) in [6.07, 6.45) is 4.72. The van der Waals surface area contributed by atoms with E-state index in [0.717, 1.165) is 25.3 Å². The highest BCUT2D eigenvalue weighted by Crippen LogP contribution is 2.41. The van der Waals surface area contributed by atoms with Crippen molar-refractivity contribution in [2.45, 2.75) is 44.9 Å². The van der Waals surface area contributed by atoms with Crippen LogP contribution in [0, 0.1) is 0 Å². The van der Waals surface area contributed by atoms with Crippen LogP contribution in [0.25, 0.3) is 0 Å². The first-order chi connectivity index (χ1) is 8.75. The fourth-order valence-corrected chi connectivity index (χ4v) is 3.11. The molecular weight excluding hydrogens is 222 g/mol. The first-order valence-corrected chi connectivity index (χ1v) is 7.14. The van der Waals surface area contributed by atoms with Crippen molar-refractivity contribution in [2.24, 2.45) is 0 Å². The molecule has 1 aliphatic heterocycles. The number of hydrogen-bond donors (Lipinski definition) is 1. The molecule has 0 saturated carbocycles. The largest absolute Gasteiger partial charge is 0.496 e. The lowest BCUT2D eigenvalue weighted by molar-refractivity contribution is 0.284. The smallest absolute Gasteiger partial charge is 0.122 e. The van der Waals surface area contributed by atoms with Gasteiger partial charge in [-0.05, 0) is 50.4 Å². The Morgan fingerprint density at radius 3 is 2.50 bits per heavy atom. The molecule has 1 saturated heterocycles. The van der Waals surface area contributed by atoms with E-state index in [1.165, 1.54) is 30.4 Å². The second kappa shape index (κ2) is 5.75. The summed E-state index contributed by atoms with van der Waals surface area (Å²) in [4.78, 5) is 0. The van der Waals surface area contributed by atoms with Crippen molar-refractivity contribution in [3.63, 3.8) is 0 Å². The molecule has 0 bridgehead atoms. The van der Waals surface area contributed by atoms with Gasteiger partial charge in [0.15, 0.2) is 0 Å². The fourth-order valence-electron chi connectivity index (χ4n) is 3.11. The van der Waals surface area contributed by atoms with E-state index in [2.05, 4.69) is 37.4 Å². The average molecular weight is 247 g/mol. The highest BCUT2D eigenvalue weighted by molar-refractivity contribution is 5.43. The molecule has 18 heavy (non-hydrogen) atoms. The summed E-state index contributed by atoms with van der Waals surface area (Å²) in [5.74, 6) is 1.07. The van der Waals surface area contributed by atoms with E-state index in [0.29, 0.717) is 5.41 Å². The van der Waals surface area contributed by atoms with E-state index in [1.807, 2.05) is 0 Å². The molecule has 1 N–H and O–H groups in total. The lowest BCUT2D eigenvalue weighted by atomic mass is 9.70. The second-order valence-electron chi connectivity index (χ2n) is 5.27. The molecule has 1 aromatic rings. The standard InChI is InChI=1S/C16H25NO/c1-4-13-6-7-15(18-3)14(12-13)16(5-2)8-10-17-11-9-16/h6-7,12,17H,4-5,8-11H2,1-3H3. The lowest BCUT2D eigenvalue weighted by Crippen LogP contribution is -2.39. The summed E-state index contributed by atoms with van der Waals surface area (Å²) in [5, 5.41) is 3.47. The van der Waals surface area contributed by atoms with Crippen molar-refractivity contribution in [1.82, 2.24) is 5.32 Å². The summed E-state index contributed by atoms with van der Waals surface area (Å²) in [7, 11) is 1.79. The van der Waals surface area contributed by atoms with Gasteiger partial charge >= 0.3 is 0 Å². The molecule has 0 spiro atoms. The van der Waals surface area contributed by atoms with Crippen LogP contribution in [0.3, 0.4) is 0 Å². The van der Waals surface area contributed by atoms with Crippen LogP contribution in [0.5, 0.6) is 5.75 Å². The summed E-state index contributed by atoms with van der Waals surface area (Å²) >= 11 is 0. The monoisotopic (exact) mass is 247 g/mol. The molecule has 1 fully saturated rings. The molecule has 0 amide bonds. The van der Waals surface area contributed by atoms with Crippen LogP contribution < -0.4 is 10.1 Å². The van der Waals surface area contributed by atoms with Crippen molar-refractivity contribution in [2.75, 3.05) is 20.2 Å². The highest BCUT2D eigenvalue weighted by Gasteiger charge is 2.34. The number of aryl methyl sites for hydroxylation is 1. The zero-order chi connectivity index (χ0) is 13.0. The lowest BCUT2D eigenvalue weighted by Gasteiger charge is -2.38. The van der Waals surface area contributed by atoms with Crippen molar-refractivity contribution in [1.29, 1.82) is 0 Å². The molecule has 0 unspecified atom stereocenters. The van der Waals surface area contributed by atoms with E-state index in [1.54, 1.807) is 7.11 Å². The van der Waals surface area contributed by atoms with Gasteiger partial charge in [-0.3, -0.25) is 0 Å². The van der Waals surface area contributed by atoms with Crippen molar-refractivity contribution < 1.29 is 4.74 Å².